The third-order valence-corrected chi connectivity index (χ3v) is 2.28. The summed E-state index contributed by atoms with van der Waals surface area (Å²) in [7, 11) is 0. The molecule has 0 spiro atoms. The zero-order valence-electron chi connectivity index (χ0n) is 13.8. The van der Waals surface area contributed by atoms with Crippen molar-refractivity contribution in [2.75, 3.05) is 0 Å². The molecule has 0 aromatic heterocycles. The maximum atomic E-state index is 12.4. The minimum absolute atomic E-state index is 0.0205. The fourth-order valence-corrected chi connectivity index (χ4v) is 1.31. The van der Waals surface area contributed by atoms with Crippen LogP contribution in [0.15, 0.2) is 18.2 Å². The standard InChI is InChI=1S/C11H10F6.C3H8.C2H6/c1-6(2)7-3-8(10(12,13)14)5-9(4-7)11(15,16)17;1-3-2;1-2/h3-6H,1-2H3;3H2,1-2H3;1-2H3. The third kappa shape index (κ3) is 8.29. The largest absolute Gasteiger partial charge is 0.416 e. The van der Waals surface area contributed by atoms with Gasteiger partial charge in [0.25, 0.3) is 0 Å². The van der Waals surface area contributed by atoms with E-state index in [4.69, 9.17) is 0 Å². The van der Waals surface area contributed by atoms with E-state index >= 15 is 0 Å². The molecule has 130 valence electrons. The molecule has 0 nitrogen and oxygen atoms in total. The summed E-state index contributed by atoms with van der Waals surface area (Å²) in [5.41, 5.74) is -2.51. The lowest BCUT2D eigenvalue weighted by Crippen LogP contribution is -2.12. The first-order valence-corrected chi connectivity index (χ1v) is 7.22. The van der Waals surface area contributed by atoms with E-state index in [2.05, 4.69) is 13.8 Å². The van der Waals surface area contributed by atoms with E-state index in [9.17, 15) is 26.3 Å². The normalized spacial score (nSPS) is 11.3. The van der Waals surface area contributed by atoms with Crippen molar-refractivity contribution >= 4 is 0 Å². The Morgan fingerprint density at radius 2 is 1.05 bits per heavy atom. The van der Waals surface area contributed by atoms with Crippen LogP contribution >= 0.6 is 0 Å². The highest BCUT2D eigenvalue weighted by Crippen LogP contribution is 2.37. The summed E-state index contributed by atoms with van der Waals surface area (Å²) in [5.74, 6) is -0.404. The summed E-state index contributed by atoms with van der Waals surface area (Å²) < 4.78 is 74.6. The van der Waals surface area contributed by atoms with Crippen LogP contribution in [0.4, 0.5) is 26.3 Å². The van der Waals surface area contributed by atoms with Crippen molar-refractivity contribution in [3.8, 4) is 0 Å². The summed E-state index contributed by atoms with van der Waals surface area (Å²) in [6, 6.07) is 1.63. The van der Waals surface area contributed by atoms with Crippen molar-refractivity contribution in [3.05, 3.63) is 34.9 Å². The smallest absolute Gasteiger partial charge is 0.166 e. The molecular weight excluding hydrogens is 306 g/mol. The minimum Gasteiger partial charge on any atom is -0.166 e. The van der Waals surface area contributed by atoms with E-state index in [0.717, 1.165) is 12.1 Å². The van der Waals surface area contributed by atoms with Gasteiger partial charge in [0.2, 0.25) is 0 Å². The van der Waals surface area contributed by atoms with Crippen LogP contribution in [0, 0.1) is 0 Å². The summed E-state index contributed by atoms with van der Waals surface area (Å²) in [5, 5.41) is 0. The predicted octanol–water partition coefficient (Wildman–Crippen LogP) is 7.29. The molecule has 0 amide bonds. The summed E-state index contributed by atoms with van der Waals surface area (Å²) in [6.07, 6.45) is -8.30. The lowest BCUT2D eigenvalue weighted by atomic mass is 9.97. The van der Waals surface area contributed by atoms with Gasteiger partial charge < -0.3 is 0 Å². The van der Waals surface area contributed by atoms with Gasteiger partial charge >= 0.3 is 12.4 Å². The van der Waals surface area contributed by atoms with Gasteiger partial charge in [0.05, 0.1) is 11.1 Å². The van der Waals surface area contributed by atoms with Gasteiger partial charge in [0.1, 0.15) is 0 Å². The number of rotatable bonds is 1. The maximum Gasteiger partial charge on any atom is 0.416 e. The fraction of sp³-hybridized carbons (Fsp3) is 0.625. The number of hydrogen-bond acceptors (Lipinski definition) is 0. The molecule has 1 aromatic carbocycles. The van der Waals surface area contributed by atoms with E-state index in [-0.39, 0.29) is 11.6 Å². The summed E-state index contributed by atoms with van der Waals surface area (Å²) >= 11 is 0. The molecule has 0 heterocycles. The van der Waals surface area contributed by atoms with Crippen LogP contribution in [0.1, 0.15) is 70.6 Å². The van der Waals surface area contributed by atoms with Crippen LogP contribution in [-0.2, 0) is 12.4 Å². The molecule has 22 heavy (non-hydrogen) atoms. The molecule has 0 N–H and O–H groups in total. The monoisotopic (exact) mass is 330 g/mol. The number of benzene rings is 1. The molecule has 0 bridgehead atoms. The lowest BCUT2D eigenvalue weighted by molar-refractivity contribution is -0.143. The molecule has 0 aliphatic rings. The Kier molecular flexibility index (Phi) is 10.2. The minimum atomic E-state index is -4.77. The number of alkyl halides is 6. The Hall–Kier alpha value is -1.20. The summed E-state index contributed by atoms with van der Waals surface area (Å²) in [4.78, 5) is 0. The second kappa shape index (κ2) is 9.74. The van der Waals surface area contributed by atoms with Gasteiger partial charge in [-0.2, -0.15) is 26.3 Å². The van der Waals surface area contributed by atoms with E-state index in [1.54, 1.807) is 0 Å². The molecule has 0 saturated carbocycles. The second-order valence-electron chi connectivity index (χ2n) is 4.70. The fourth-order valence-electron chi connectivity index (χ4n) is 1.31. The van der Waals surface area contributed by atoms with Gasteiger partial charge in [-0.05, 0) is 29.7 Å². The maximum absolute atomic E-state index is 12.4. The van der Waals surface area contributed by atoms with Crippen molar-refractivity contribution in [1.29, 1.82) is 0 Å². The Morgan fingerprint density at radius 1 is 0.773 bits per heavy atom. The molecular formula is C16H24F6. The highest BCUT2D eigenvalue weighted by molar-refractivity contribution is 5.35. The SMILES string of the molecule is CC.CC(C)c1cc(C(F)(F)F)cc(C(F)(F)F)c1.CCC. The van der Waals surface area contributed by atoms with Crippen LogP contribution in [0.5, 0.6) is 0 Å². The zero-order chi connectivity index (χ0) is 18.1. The van der Waals surface area contributed by atoms with Gasteiger partial charge in [-0.3, -0.25) is 0 Å². The lowest BCUT2D eigenvalue weighted by Gasteiger charge is -2.15. The van der Waals surface area contributed by atoms with Crippen molar-refractivity contribution in [1.82, 2.24) is 0 Å². The third-order valence-electron chi connectivity index (χ3n) is 2.28. The first-order valence-electron chi connectivity index (χ1n) is 7.22. The average molecular weight is 330 g/mol. The Morgan fingerprint density at radius 3 is 1.23 bits per heavy atom. The summed E-state index contributed by atoms with van der Waals surface area (Å²) in [6.45, 7) is 11.3. The zero-order valence-corrected chi connectivity index (χ0v) is 13.8. The first kappa shape index (κ1) is 23.1. The van der Waals surface area contributed by atoms with E-state index in [0.29, 0.717) is 0 Å². The molecule has 1 rings (SSSR count). The van der Waals surface area contributed by atoms with E-state index in [1.165, 1.54) is 20.3 Å². The van der Waals surface area contributed by atoms with Gasteiger partial charge in [0.15, 0.2) is 0 Å². The number of hydrogen-bond donors (Lipinski definition) is 0. The van der Waals surface area contributed by atoms with E-state index in [1.807, 2.05) is 13.8 Å². The molecule has 0 fully saturated rings. The molecule has 0 aliphatic heterocycles. The molecule has 0 unspecified atom stereocenters. The van der Waals surface area contributed by atoms with Crippen LogP contribution in [0.3, 0.4) is 0 Å². The Labute approximate surface area is 128 Å². The van der Waals surface area contributed by atoms with Gasteiger partial charge in [-0.1, -0.05) is 48.0 Å². The van der Waals surface area contributed by atoms with Crippen molar-refractivity contribution < 1.29 is 26.3 Å². The number of halogens is 6. The highest BCUT2D eigenvalue weighted by Gasteiger charge is 2.36. The van der Waals surface area contributed by atoms with Crippen LogP contribution in [0.2, 0.25) is 0 Å². The van der Waals surface area contributed by atoms with Gasteiger partial charge in [-0.15, -0.1) is 0 Å². The molecule has 0 atom stereocenters. The van der Waals surface area contributed by atoms with Crippen LogP contribution in [-0.4, -0.2) is 0 Å². The highest BCUT2D eigenvalue weighted by atomic mass is 19.4. The predicted molar refractivity (Wildman–Crippen MR) is 77.8 cm³/mol. The molecule has 0 radical (unpaired) electrons. The van der Waals surface area contributed by atoms with Crippen molar-refractivity contribution in [3.63, 3.8) is 0 Å². The average Bonchev–Trinajstić information content (AvgIpc) is 2.39. The van der Waals surface area contributed by atoms with Crippen LogP contribution in [0.25, 0.3) is 0 Å². The van der Waals surface area contributed by atoms with Crippen molar-refractivity contribution in [2.45, 2.75) is 66.2 Å². The van der Waals surface area contributed by atoms with Gasteiger partial charge in [-0.25, -0.2) is 0 Å². The molecule has 1 aromatic rings. The van der Waals surface area contributed by atoms with E-state index < -0.39 is 29.4 Å². The Balaban J connectivity index is 0. The van der Waals surface area contributed by atoms with Gasteiger partial charge in [0, 0.05) is 0 Å². The molecule has 6 heteroatoms. The molecule has 0 saturated heterocycles. The Bertz CT molecular complexity index is 383. The topological polar surface area (TPSA) is 0 Å². The first-order chi connectivity index (χ1) is 9.93. The second-order valence-corrected chi connectivity index (χ2v) is 4.70. The quantitative estimate of drug-likeness (QED) is 0.474. The van der Waals surface area contributed by atoms with Crippen LogP contribution < -0.4 is 0 Å². The molecule has 0 aliphatic carbocycles. The van der Waals surface area contributed by atoms with Crippen molar-refractivity contribution in [2.24, 2.45) is 0 Å².